The van der Waals surface area contributed by atoms with Gasteiger partial charge in [-0.2, -0.15) is 13.2 Å². The van der Waals surface area contributed by atoms with Gasteiger partial charge in [-0.25, -0.2) is 9.98 Å². The number of hydrogen-bond acceptors (Lipinski definition) is 3. The van der Waals surface area contributed by atoms with Crippen LogP contribution in [-0.2, 0) is 12.6 Å². The highest BCUT2D eigenvalue weighted by Crippen LogP contribution is 2.32. The van der Waals surface area contributed by atoms with E-state index in [2.05, 4.69) is 36.0 Å². The Morgan fingerprint density at radius 2 is 1.80 bits per heavy atom. The summed E-state index contributed by atoms with van der Waals surface area (Å²) in [6.07, 6.45) is -1.82. The summed E-state index contributed by atoms with van der Waals surface area (Å²) in [6.45, 7) is 7.06. The van der Waals surface area contributed by atoms with Gasteiger partial charge < -0.3 is 4.90 Å². The second-order valence-electron chi connectivity index (χ2n) is 7.26. The molecule has 0 N–H and O–H groups in total. The molecule has 3 rings (SSSR count). The predicted molar refractivity (Wildman–Crippen MR) is 118 cm³/mol. The predicted octanol–water partition coefficient (Wildman–Crippen LogP) is 6.65. The van der Waals surface area contributed by atoms with Crippen LogP contribution in [0.1, 0.15) is 34.2 Å². The summed E-state index contributed by atoms with van der Waals surface area (Å²) in [5.41, 5.74) is 5.07. The second-order valence-corrected chi connectivity index (χ2v) is 8.20. The fourth-order valence-corrected chi connectivity index (χ4v) is 3.78. The van der Waals surface area contributed by atoms with Crippen LogP contribution in [0, 0.1) is 13.8 Å². The number of rotatable bonds is 6. The highest BCUT2D eigenvalue weighted by Gasteiger charge is 2.30. The van der Waals surface area contributed by atoms with Crippen molar-refractivity contribution in [1.29, 1.82) is 0 Å². The minimum atomic E-state index is -4.33. The Labute approximate surface area is 178 Å². The van der Waals surface area contributed by atoms with Crippen LogP contribution in [0.2, 0.25) is 0 Å². The van der Waals surface area contributed by atoms with E-state index in [4.69, 9.17) is 0 Å². The third-order valence-electron chi connectivity index (χ3n) is 4.95. The van der Waals surface area contributed by atoms with Crippen LogP contribution in [0.15, 0.2) is 46.8 Å². The van der Waals surface area contributed by atoms with E-state index in [0.29, 0.717) is 17.7 Å². The van der Waals surface area contributed by atoms with Crippen molar-refractivity contribution >= 4 is 23.4 Å². The van der Waals surface area contributed by atoms with Gasteiger partial charge in [-0.3, -0.25) is 0 Å². The van der Waals surface area contributed by atoms with Gasteiger partial charge in [0.25, 0.3) is 0 Å². The lowest BCUT2D eigenvalue weighted by molar-refractivity contribution is -0.137. The molecule has 0 saturated carbocycles. The minimum Gasteiger partial charge on any atom is -0.366 e. The molecule has 0 aliphatic heterocycles. The van der Waals surface area contributed by atoms with Crippen LogP contribution in [0.4, 0.5) is 18.9 Å². The molecule has 0 aliphatic carbocycles. The van der Waals surface area contributed by atoms with Crippen molar-refractivity contribution in [3.05, 3.63) is 69.0 Å². The average molecular weight is 432 g/mol. The van der Waals surface area contributed by atoms with E-state index < -0.39 is 11.7 Å². The lowest BCUT2D eigenvalue weighted by Crippen LogP contribution is -2.14. The Bertz CT molecular complexity index is 1040. The molecule has 0 bridgehead atoms. The van der Waals surface area contributed by atoms with Crippen LogP contribution >= 0.6 is 11.3 Å². The largest absolute Gasteiger partial charge is 0.416 e. The maximum Gasteiger partial charge on any atom is 0.416 e. The van der Waals surface area contributed by atoms with Crippen LogP contribution < -0.4 is 0 Å². The molecule has 158 valence electrons. The molecule has 7 heteroatoms. The normalized spacial score (nSPS) is 12.0. The Morgan fingerprint density at radius 1 is 1.10 bits per heavy atom. The van der Waals surface area contributed by atoms with Crippen molar-refractivity contribution in [3.63, 3.8) is 0 Å². The molecule has 3 nitrogen and oxygen atoms in total. The number of hydrogen-bond donors (Lipinski definition) is 0. The van der Waals surface area contributed by atoms with E-state index in [9.17, 15) is 13.2 Å². The van der Waals surface area contributed by atoms with Crippen LogP contribution in [0.25, 0.3) is 11.3 Å². The molecule has 0 amide bonds. The molecule has 2 aromatic carbocycles. The lowest BCUT2D eigenvalue weighted by Gasteiger charge is -2.11. The second kappa shape index (κ2) is 9.00. The molecule has 0 unspecified atom stereocenters. The Balaban J connectivity index is 1.77. The zero-order chi connectivity index (χ0) is 21.9. The van der Waals surface area contributed by atoms with E-state index in [1.54, 1.807) is 0 Å². The molecule has 3 aromatic rings. The van der Waals surface area contributed by atoms with E-state index in [-0.39, 0.29) is 0 Å². The first-order valence-electron chi connectivity index (χ1n) is 9.64. The number of aryl methyl sites for hydroxylation is 2. The smallest absolute Gasteiger partial charge is 0.366 e. The average Bonchev–Trinajstić information content (AvgIpc) is 3.17. The van der Waals surface area contributed by atoms with Gasteiger partial charge in [0.2, 0.25) is 0 Å². The van der Waals surface area contributed by atoms with Crippen LogP contribution in [-0.4, -0.2) is 29.8 Å². The molecule has 0 saturated heterocycles. The summed E-state index contributed by atoms with van der Waals surface area (Å²) < 4.78 is 38.2. The summed E-state index contributed by atoms with van der Waals surface area (Å²) in [5, 5.41) is 2.81. The fourth-order valence-electron chi connectivity index (χ4n) is 2.95. The van der Waals surface area contributed by atoms with Gasteiger partial charge in [-0.15, -0.1) is 11.3 Å². The van der Waals surface area contributed by atoms with E-state index >= 15 is 0 Å². The number of thiazole rings is 1. The van der Waals surface area contributed by atoms with Gasteiger partial charge in [0.15, 0.2) is 0 Å². The van der Waals surface area contributed by atoms with Crippen molar-refractivity contribution in [1.82, 2.24) is 9.88 Å². The molecule has 30 heavy (non-hydrogen) atoms. The number of halogens is 3. The quantitative estimate of drug-likeness (QED) is 0.323. The molecule has 0 radical (unpaired) electrons. The summed E-state index contributed by atoms with van der Waals surface area (Å²) in [6, 6.07) is 9.34. The van der Waals surface area contributed by atoms with Gasteiger partial charge in [-0.1, -0.05) is 18.2 Å². The van der Waals surface area contributed by atoms with Gasteiger partial charge in [-0.05, 0) is 55.7 Å². The standard InChI is InChI=1S/C23H24F3N3S/c1-5-29(4)14-27-20-11-15(2)18(10-16(20)3)12-22-28-21(13-30-22)17-6-8-19(9-7-17)23(24,25)26/h6-11,13-14H,5,12H2,1-4H3/b27-14-. The maximum absolute atomic E-state index is 12.7. The molecule has 1 heterocycles. The summed E-state index contributed by atoms with van der Waals surface area (Å²) in [4.78, 5) is 11.2. The molecule has 0 aliphatic rings. The van der Waals surface area contributed by atoms with Crippen molar-refractivity contribution < 1.29 is 13.2 Å². The van der Waals surface area contributed by atoms with E-state index in [0.717, 1.165) is 40.5 Å². The Hall–Kier alpha value is -2.67. The number of aliphatic imine (C=N–C) groups is 1. The SMILES string of the molecule is CCN(C)/C=N\c1cc(C)c(Cc2nc(-c3ccc(C(F)(F)F)cc3)cs2)cc1C. The molecule has 1 aromatic heterocycles. The fraction of sp³-hybridized carbons (Fsp3) is 0.304. The van der Waals surface area contributed by atoms with E-state index in [1.807, 2.05) is 30.6 Å². The summed E-state index contributed by atoms with van der Waals surface area (Å²) in [5.74, 6) is 0. The third kappa shape index (κ3) is 5.27. The molecule has 0 spiro atoms. The molecular formula is C23H24F3N3S. The first kappa shape index (κ1) is 22.0. The Kier molecular flexibility index (Phi) is 6.61. The lowest BCUT2D eigenvalue weighted by atomic mass is 10.0. The number of alkyl halides is 3. The monoisotopic (exact) mass is 431 g/mol. The number of nitrogens with zero attached hydrogens (tertiary/aromatic N) is 3. The van der Waals surface area contributed by atoms with Crippen LogP contribution in [0.3, 0.4) is 0 Å². The van der Waals surface area contributed by atoms with E-state index in [1.165, 1.54) is 29.0 Å². The highest BCUT2D eigenvalue weighted by molar-refractivity contribution is 7.10. The molecule has 0 fully saturated rings. The first-order chi connectivity index (χ1) is 14.2. The van der Waals surface area contributed by atoms with Crippen molar-refractivity contribution in [2.45, 2.75) is 33.4 Å². The van der Waals surface area contributed by atoms with Crippen molar-refractivity contribution in [2.75, 3.05) is 13.6 Å². The summed E-state index contributed by atoms with van der Waals surface area (Å²) >= 11 is 1.52. The van der Waals surface area contributed by atoms with Crippen molar-refractivity contribution in [2.24, 2.45) is 4.99 Å². The van der Waals surface area contributed by atoms with Gasteiger partial charge in [0.1, 0.15) is 0 Å². The van der Waals surface area contributed by atoms with Gasteiger partial charge in [0.05, 0.1) is 28.3 Å². The number of benzene rings is 2. The third-order valence-corrected chi connectivity index (χ3v) is 5.80. The minimum absolute atomic E-state index is 0.652. The maximum atomic E-state index is 12.7. The van der Waals surface area contributed by atoms with Gasteiger partial charge >= 0.3 is 6.18 Å². The first-order valence-corrected chi connectivity index (χ1v) is 10.5. The number of aromatic nitrogens is 1. The molecular weight excluding hydrogens is 407 g/mol. The van der Waals surface area contributed by atoms with Crippen LogP contribution in [0.5, 0.6) is 0 Å². The Morgan fingerprint density at radius 3 is 2.43 bits per heavy atom. The van der Waals surface area contributed by atoms with Gasteiger partial charge in [0, 0.05) is 31.0 Å². The summed E-state index contributed by atoms with van der Waals surface area (Å²) in [7, 11) is 1.98. The highest BCUT2D eigenvalue weighted by atomic mass is 32.1. The van der Waals surface area contributed by atoms with Crippen molar-refractivity contribution in [3.8, 4) is 11.3 Å². The zero-order valence-corrected chi connectivity index (χ0v) is 18.2. The molecule has 0 atom stereocenters. The topological polar surface area (TPSA) is 28.5 Å². The zero-order valence-electron chi connectivity index (χ0n) is 17.4.